The van der Waals surface area contributed by atoms with Gasteiger partial charge in [-0.25, -0.2) is 0 Å². The number of tetrazole rings is 1. The summed E-state index contributed by atoms with van der Waals surface area (Å²) in [4.78, 5) is 0. The molecule has 2 aromatic carbocycles. The Labute approximate surface area is 158 Å². The molecule has 1 aromatic heterocycles. The second kappa shape index (κ2) is 6.95. The summed E-state index contributed by atoms with van der Waals surface area (Å²) in [7, 11) is 0. The zero-order valence-electron chi connectivity index (χ0n) is 14.8. The van der Waals surface area contributed by atoms with Crippen LogP contribution in [-0.4, -0.2) is 27.0 Å². The van der Waals surface area contributed by atoms with E-state index in [2.05, 4.69) is 25.4 Å². The van der Waals surface area contributed by atoms with Crippen LogP contribution in [0.3, 0.4) is 0 Å². The third-order valence-electron chi connectivity index (χ3n) is 4.55. The maximum Gasteiger partial charge on any atom is 0.573 e. The molecule has 0 bridgehead atoms. The Kier molecular flexibility index (Phi) is 4.46. The van der Waals surface area contributed by atoms with Crippen molar-refractivity contribution in [3.8, 4) is 5.75 Å². The van der Waals surface area contributed by atoms with E-state index in [4.69, 9.17) is 0 Å². The summed E-state index contributed by atoms with van der Waals surface area (Å²) >= 11 is 0. The first-order chi connectivity index (χ1) is 13.4. The molecule has 5 nitrogen and oxygen atoms in total. The largest absolute Gasteiger partial charge is 0.573 e. The van der Waals surface area contributed by atoms with Gasteiger partial charge >= 0.3 is 6.36 Å². The van der Waals surface area contributed by atoms with Crippen molar-refractivity contribution in [3.05, 3.63) is 76.6 Å². The van der Waals surface area contributed by atoms with E-state index in [1.165, 1.54) is 12.1 Å². The Bertz CT molecular complexity index is 1050. The second-order valence-electron chi connectivity index (χ2n) is 6.33. The molecule has 1 aliphatic rings. The van der Waals surface area contributed by atoms with Crippen LogP contribution in [0.25, 0.3) is 17.2 Å². The van der Waals surface area contributed by atoms with Gasteiger partial charge < -0.3 is 4.74 Å². The lowest BCUT2D eigenvalue weighted by Gasteiger charge is -2.09. The van der Waals surface area contributed by atoms with Crippen molar-refractivity contribution >= 4 is 17.2 Å². The van der Waals surface area contributed by atoms with Gasteiger partial charge in [0.25, 0.3) is 0 Å². The molecule has 0 fully saturated rings. The molecule has 0 radical (unpaired) electrons. The summed E-state index contributed by atoms with van der Waals surface area (Å²) in [5.41, 5.74) is 6.11. The first-order valence-electron chi connectivity index (χ1n) is 8.50. The van der Waals surface area contributed by atoms with Gasteiger partial charge in [-0.1, -0.05) is 41.6 Å². The van der Waals surface area contributed by atoms with E-state index in [-0.39, 0.29) is 5.75 Å². The predicted molar refractivity (Wildman–Crippen MR) is 97.9 cm³/mol. The molecular weight excluding hydrogens is 369 g/mol. The van der Waals surface area contributed by atoms with E-state index in [1.807, 2.05) is 37.3 Å². The molecule has 0 atom stereocenters. The molecule has 3 aromatic rings. The fraction of sp³-hybridized carbons (Fsp3) is 0.150. The normalized spacial score (nSPS) is 15.2. The van der Waals surface area contributed by atoms with Gasteiger partial charge in [-0.15, -0.1) is 23.4 Å². The van der Waals surface area contributed by atoms with E-state index in [1.54, 1.807) is 12.1 Å². The summed E-state index contributed by atoms with van der Waals surface area (Å²) in [6.45, 7) is 2.02. The predicted octanol–water partition coefficient (Wildman–Crippen LogP) is 4.67. The Hall–Kier alpha value is -3.42. The van der Waals surface area contributed by atoms with Gasteiger partial charge in [0.15, 0.2) is 5.82 Å². The quantitative estimate of drug-likeness (QED) is 0.710. The number of allylic oxidation sites excluding steroid dienone is 3. The fourth-order valence-corrected chi connectivity index (χ4v) is 3.31. The molecule has 28 heavy (non-hydrogen) atoms. The van der Waals surface area contributed by atoms with Crippen LogP contribution in [0.1, 0.15) is 29.4 Å². The van der Waals surface area contributed by atoms with Crippen LogP contribution in [0.2, 0.25) is 0 Å². The molecular formula is C20H15F3N4O. The monoisotopic (exact) mass is 384 g/mol. The minimum absolute atomic E-state index is 0.244. The maximum absolute atomic E-state index is 12.3. The van der Waals surface area contributed by atoms with Crippen LogP contribution in [0.4, 0.5) is 13.2 Å². The molecule has 0 amide bonds. The molecule has 1 heterocycles. The number of hydrogen-bond acceptors (Lipinski definition) is 4. The lowest BCUT2D eigenvalue weighted by Crippen LogP contribution is -2.16. The third-order valence-corrected chi connectivity index (χ3v) is 4.55. The van der Waals surface area contributed by atoms with E-state index in [9.17, 15) is 13.2 Å². The number of rotatable bonds is 4. The van der Waals surface area contributed by atoms with E-state index >= 15 is 0 Å². The number of ether oxygens (including phenoxy) is 1. The van der Waals surface area contributed by atoms with Crippen molar-refractivity contribution in [2.75, 3.05) is 0 Å². The standard InChI is InChI=1S/C20H15F3N4O/c1-12-17(10-13-6-8-14(9-7-13)28-20(21,22)23)15-4-2-3-5-16(15)18(12)11-19-24-26-27-25-19/h2-10H,11H2,1H3,(H,24,25,26,27)/b17-10-. The van der Waals surface area contributed by atoms with Crippen LogP contribution in [0, 0.1) is 0 Å². The SMILES string of the molecule is CC1=C(Cc2nn[nH]n2)c2ccccc2/C1=C\c1ccc(OC(F)(F)F)cc1. The number of benzene rings is 2. The molecule has 0 unspecified atom stereocenters. The third kappa shape index (κ3) is 3.66. The average Bonchev–Trinajstić information content (AvgIpc) is 3.25. The lowest BCUT2D eigenvalue weighted by molar-refractivity contribution is -0.274. The van der Waals surface area contributed by atoms with Crippen LogP contribution in [0.5, 0.6) is 5.75 Å². The van der Waals surface area contributed by atoms with Crippen molar-refractivity contribution in [2.24, 2.45) is 0 Å². The Morgan fingerprint density at radius 2 is 1.75 bits per heavy atom. The van der Waals surface area contributed by atoms with Gasteiger partial charge in [0.1, 0.15) is 5.75 Å². The minimum Gasteiger partial charge on any atom is -0.406 e. The molecule has 1 N–H and O–H groups in total. The molecule has 0 aliphatic heterocycles. The van der Waals surface area contributed by atoms with Crippen molar-refractivity contribution in [2.45, 2.75) is 19.7 Å². The zero-order valence-corrected chi connectivity index (χ0v) is 14.8. The highest BCUT2D eigenvalue weighted by molar-refractivity contribution is 6.05. The summed E-state index contributed by atoms with van der Waals surface area (Å²) in [6.07, 6.45) is -2.21. The van der Waals surface area contributed by atoms with Gasteiger partial charge in [-0.05, 0) is 58.5 Å². The van der Waals surface area contributed by atoms with Crippen molar-refractivity contribution < 1.29 is 17.9 Å². The molecule has 4 rings (SSSR count). The molecule has 0 saturated heterocycles. The van der Waals surface area contributed by atoms with Gasteiger partial charge in [-0.2, -0.15) is 5.21 Å². The van der Waals surface area contributed by atoms with Crippen LogP contribution >= 0.6 is 0 Å². The van der Waals surface area contributed by atoms with Gasteiger partial charge in [0.05, 0.1) is 0 Å². The Morgan fingerprint density at radius 1 is 1.04 bits per heavy atom. The van der Waals surface area contributed by atoms with Crippen molar-refractivity contribution in [1.29, 1.82) is 0 Å². The smallest absolute Gasteiger partial charge is 0.406 e. The number of nitrogens with one attached hydrogen (secondary N) is 1. The number of hydrogen-bond donors (Lipinski definition) is 1. The maximum atomic E-state index is 12.3. The molecule has 0 saturated carbocycles. The van der Waals surface area contributed by atoms with Crippen LogP contribution in [0.15, 0.2) is 54.1 Å². The number of H-pyrrole nitrogens is 1. The number of halogens is 3. The second-order valence-corrected chi connectivity index (χ2v) is 6.33. The van der Waals surface area contributed by atoms with Gasteiger partial charge in [0, 0.05) is 6.42 Å². The summed E-state index contributed by atoms with van der Waals surface area (Å²) < 4.78 is 40.9. The Morgan fingerprint density at radius 3 is 2.39 bits per heavy atom. The van der Waals surface area contributed by atoms with Crippen molar-refractivity contribution in [3.63, 3.8) is 0 Å². The molecule has 1 aliphatic carbocycles. The van der Waals surface area contributed by atoms with Gasteiger partial charge in [-0.3, -0.25) is 0 Å². The summed E-state index contributed by atoms with van der Waals surface area (Å²) in [5.74, 6) is 0.352. The number of alkyl halides is 3. The van der Waals surface area contributed by atoms with E-state index < -0.39 is 6.36 Å². The summed E-state index contributed by atoms with van der Waals surface area (Å²) in [6, 6.07) is 13.8. The molecule has 142 valence electrons. The number of aromatic nitrogens is 4. The number of fused-ring (bicyclic) bond motifs is 1. The molecule has 0 spiro atoms. The number of nitrogens with zero attached hydrogens (tertiary/aromatic N) is 3. The minimum atomic E-state index is -4.70. The highest BCUT2D eigenvalue weighted by Gasteiger charge is 2.31. The van der Waals surface area contributed by atoms with Gasteiger partial charge in [0.2, 0.25) is 0 Å². The highest BCUT2D eigenvalue weighted by atomic mass is 19.4. The lowest BCUT2D eigenvalue weighted by atomic mass is 10.0. The topological polar surface area (TPSA) is 63.7 Å². The van der Waals surface area contributed by atoms with E-state index in [0.29, 0.717) is 12.2 Å². The summed E-state index contributed by atoms with van der Waals surface area (Å²) in [5, 5.41) is 14.1. The zero-order chi connectivity index (χ0) is 19.7. The average molecular weight is 384 g/mol. The fourth-order valence-electron chi connectivity index (χ4n) is 3.31. The molecule has 8 heteroatoms. The van der Waals surface area contributed by atoms with E-state index in [0.717, 1.165) is 33.4 Å². The number of aromatic amines is 1. The van der Waals surface area contributed by atoms with Crippen LogP contribution < -0.4 is 4.74 Å². The highest BCUT2D eigenvalue weighted by Crippen LogP contribution is 2.43. The Balaban J connectivity index is 1.69. The van der Waals surface area contributed by atoms with Crippen molar-refractivity contribution in [1.82, 2.24) is 20.6 Å². The first-order valence-corrected chi connectivity index (χ1v) is 8.50. The van der Waals surface area contributed by atoms with Crippen LogP contribution in [-0.2, 0) is 6.42 Å². The first kappa shape index (κ1) is 18.0.